The molecule has 0 radical (unpaired) electrons. The second kappa shape index (κ2) is 7.13. The molecule has 6 heteroatoms. The average molecular weight is 283 g/mol. The molecule has 1 amide bonds. The summed E-state index contributed by atoms with van der Waals surface area (Å²) < 4.78 is 11.3. The van der Waals surface area contributed by atoms with Crippen molar-refractivity contribution in [2.24, 2.45) is 0 Å². The number of hydrogen-bond acceptors (Lipinski definition) is 4. The van der Waals surface area contributed by atoms with Gasteiger partial charge in [0.15, 0.2) is 0 Å². The lowest BCUT2D eigenvalue weighted by atomic mass is 10.1. The maximum absolute atomic E-state index is 11.9. The number of anilines is 2. The van der Waals surface area contributed by atoms with E-state index >= 15 is 0 Å². The van der Waals surface area contributed by atoms with Crippen LogP contribution in [0.25, 0.3) is 0 Å². The van der Waals surface area contributed by atoms with Gasteiger partial charge < -0.3 is 16.4 Å². The first-order valence-corrected chi connectivity index (χ1v) is 7.81. The van der Waals surface area contributed by atoms with Crippen molar-refractivity contribution in [1.29, 1.82) is 0 Å². The highest BCUT2D eigenvalue weighted by Crippen LogP contribution is 2.19. The van der Waals surface area contributed by atoms with Crippen LogP contribution in [-0.4, -0.2) is 34.7 Å². The Kier molecular flexibility index (Phi) is 5.82. The van der Waals surface area contributed by atoms with Crippen LogP contribution in [0, 0.1) is 0 Å². The summed E-state index contributed by atoms with van der Waals surface area (Å²) in [6.07, 6.45) is 1.66. The Hall–Kier alpha value is -1.56. The summed E-state index contributed by atoms with van der Waals surface area (Å²) in [6.45, 7) is 4.85. The summed E-state index contributed by atoms with van der Waals surface area (Å²) in [5.41, 5.74) is 7.54. The third-order valence-electron chi connectivity index (χ3n) is 2.77. The molecule has 2 atom stereocenters. The molecule has 106 valence electrons. The van der Waals surface area contributed by atoms with Crippen LogP contribution < -0.4 is 16.4 Å². The Labute approximate surface area is 116 Å². The van der Waals surface area contributed by atoms with Crippen LogP contribution in [-0.2, 0) is 10.8 Å². The van der Waals surface area contributed by atoms with Gasteiger partial charge in [0.05, 0.1) is 5.56 Å². The van der Waals surface area contributed by atoms with E-state index in [1.165, 1.54) is 0 Å². The zero-order valence-corrected chi connectivity index (χ0v) is 12.3. The monoisotopic (exact) mass is 283 g/mol. The number of carbonyl (C=O) groups excluding carboxylic acids is 1. The Balaban J connectivity index is 2.88. The van der Waals surface area contributed by atoms with E-state index in [1.807, 2.05) is 13.8 Å². The smallest absolute Gasteiger partial charge is 0.253 e. The van der Waals surface area contributed by atoms with Crippen LogP contribution in [0.3, 0.4) is 0 Å². The SMILES string of the molecule is CCNC(=O)c1ccc(N)cc1NCC(C)S(C)=O. The first-order chi connectivity index (χ1) is 8.95. The molecule has 0 saturated carbocycles. The van der Waals surface area contributed by atoms with E-state index in [0.717, 1.165) is 0 Å². The summed E-state index contributed by atoms with van der Waals surface area (Å²) in [6, 6.07) is 5.10. The molecule has 19 heavy (non-hydrogen) atoms. The molecule has 0 aliphatic carbocycles. The maximum atomic E-state index is 11.9. The fraction of sp³-hybridized carbons (Fsp3) is 0.462. The highest BCUT2D eigenvalue weighted by Gasteiger charge is 2.12. The lowest BCUT2D eigenvalue weighted by Gasteiger charge is -2.15. The van der Waals surface area contributed by atoms with Crippen molar-refractivity contribution in [3.8, 4) is 0 Å². The van der Waals surface area contributed by atoms with Crippen LogP contribution in [0.1, 0.15) is 24.2 Å². The van der Waals surface area contributed by atoms with Crippen molar-refractivity contribution in [2.75, 3.05) is 30.4 Å². The van der Waals surface area contributed by atoms with Gasteiger partial charge in [-0.05, 0) is 32.0 Å². The molecule has 0 bridgehead atoms. The second-order valence-electron chi connectivity index (χ2n) is 4.35. The standard InChI is InChI=1S/C13H21N3O2S/c1-4-15-13(17)11-6-5-10(14)7-12(11)16-8-9(2)19(3)18/h5-7,9,16H,4,8,14H2,1-3H3,(H,15,17). The summed E-state index contributed by atoms with van der Waals surface area (Å²) in [5, 5.41) is 5.90. The van der Waals surface area contributed by atoms with Crippen molar-refractivity contribution >= 4 is 28.1 Å². The molecule has 4 N–H and O–H groups in total. The first kappa shape index (κ1) is 15.5. The number of rotatable bonds is 6. The van der Waals surface area contributed by atoms with Crippen molar-refractivity contribution in [3.05, 3.63) is 23.8 Å². The number of nitrogen functional groups attached to an aromatic ring is 1. The third kappa shape index (κ3) is 4.55. The highest BCUT2D eigenvalue weighted by molar-refractivity contribution is 7.84. The number of carbonyl (C=O) groups is 1. The molecule has 2 unspecified atom stereocenters. The van der Waals surface area contributed by atoms with Gasteiger partial charge in [-0.2, -0.15) is 0 Å². The Morgan fingerprint density at radius 2 is 2.16 bits per heavy atom. The Bertz CT molecular complexity index is 477. The van der Waals surface area contributed by atoms with Crippen LogP contribution in [0.4, 0.5) is 11.4 Å². The number of benzene rings is 1. The fourth-order valence-corrected chi connectivity index (χ4v) is 1.85. The van der Waals surface area contributed by atoms with Gasteiger partial charge in [-0.1, -0.05) is 0 Å². The van der Waals surface area contributed by atoms with Crippen LogP contribution in [0.15, 0.2) is 18.2 Å². The minimum atomic E-state index is -0.904. The van der Waals surface area contributed by atoms with E-state index in [4.69, 9.17) is 5.73 Å². The molecule has 1 aromatic carbocycles. The summed E-state index contributed by atoms with van der Waals surface area (Å²) >= 11 is 0. The van der Waals surface area contributed by atoms with Gasteiger partial charge in [-0.3, -0.25) is 9.00 Å². The van der Waals surface area contributed by atoms with Gasteiger partial charge in [0.2, 0.25) is 0 Å². The van der Waals surface area contributed by atoms with Gasteiger partial charge in [-0.25, -0.2) is 0 Å². The topological polar surface area (TPSA) is 84.2 Å². The van der Waals surface area contributed by atoms with Crippen LogP contribution in [0.5, 0.6) is 0 Å². The third-order valence-corrected chi connectivity index (χ3v) is 4.07. The molecule has 0 spiro atoms. The van der Waals surface area contributed by atoms with Gasteiger partial charge >= 0.3 is 0 Å². The largest absolute Gasteiger partial charge is 0.399 e. The lowest BCUT2D eigenvalue weighted by Crippen LogP contribution is -2.26. The van der Waals surface area contributed by atoms with Gasteiger partial charge in [0, 0.05) is 46.8 Å². The predicted octanol–water partition coefficient (Wildman–Crippen LogP) is 1.20. The van der Waals surface area contributed by atoms with E-state index in [9.17, 15) is 9.00 Å². The molecule has 0 aliphatic heterocycles. The van der Waals surface area contributed by atoms with Crippen molar-refractivity contribution in [3.63, 3.8) is 0 Å². The summed E-state index contributed by atoms with van der Waals surface area (Å²) in [4.78, 5) is 11.9. The normalized spacial score (nSPS) is 13.6. The minimum Gasteiger partial charge on any atom is -0.399 e. The van der Waals surface area contributed by atoms with Crippen LogP contribution in [0.2, 0.25) is 0 Å². The Morgan fingerprint density at radius 3 is 2.74 bits per heavy atom. The quantitative estimate of drug-likeness (QED) is 0.685. The van der Waals surface area contributed by atoms with E-state index < -0.39 is 10.8 Å². The number of nitrogens with one attached hydrogen (secondary N) is 2. The van der Waals surface area contributed by atoms with E-state index in [0.29, 0.717) is 30.0 Å². The molecular formula is C13H21N3O2S. The lowest BCUT2D eigenvalue weighted by molar-refractivity contribution is 0.0956. The first-order valence-electron chi connectivity index (χ1n) is 6.19. The zero-order chi connectivity index (χ0) is 14.4. The molecule has 5 nitrogen and oxygen atoms in total. The Morgan fingerprint density at radius 1 is 1.47 bits per heavy atom. The maximum Gasteiger partial charge on any atom is 0.253 e. The van der Waals surface area contributed by atoms with Gasteiger partial charge in [0.1, 0.15) is 0 Å². The van der Waals surface area contributed by atoms with Crippen molar-refractivity contribution in [1.82, 2.24) is 5.32 Å². The van der Waals surface area contributed by atoms with E-state index in [-0.39, 0.29) is 11.2 Å². The van der Waals surface area contributed by atoms with E-state index in [2.05, 4.69) is 10.6 Å². The van der Waals surface area contributed by atoms with E-state index in [1.54, 1.807) is 24.5 Å². The number of hydrogen-bond donors (Lipinski definition) is 3. The molecule has 0 aliphatic rings. The minimum absolute atomic E-state index is 0.00326. The van der Waals surface area contributed by atoms with Crippen molar-refractivity contribution in [2.45, 2.75) is 19.1 Å². The zero-order valence-electron chi connectivity index (χ0n) is 11.5. The predicted molar refractivity (Wildman–Crippen MR) is 80.9 cm³/mol. The molecule has 0 heterocycles. The summed E-state index contributed by atoms with van der Waals surface area (Å²) in [5.74, 6) is -0.143. The molecule has 1 rings (SSSR count). The molecular weight excluding hydrogens is 262 g/mol. The summed E-state index contributed by atoms with van der Waals surface area (Å²) in [7, 11) is -0.904. The van der Waals surface area contributed by atoms with Gasteiger partial charge in [-0.15, -0.1) is 0 Å². The molecule has 0 saturated heterocycles. The van der Waals surface area contributed by atoms with Gasteiger partial charge in [0.25, 0.3) is 5.91 Å². The van der Waals surface area contributed by atoms with Crippen LogP contribution >= 0.6 is 0 Å². The molecule has 1 aromatic rings. The fourth-order valence-electron chi connectivity index (χ4n) is 1.53. The number of nitrogens with two attached hydrogens (primary N) is 1. The van der Waals surface area contributed by atoms with Crippen molar-refractivity contribution < 1.29 is 9.00 Å². The second-order valence-corrected chi connectivity index (χ2v) is 6.16. The highest BCUT2D eigenvalue weighted by atomic mass is 32.2. The number of amides is 1. The molecule has 0 aromatic heterocycles. The average Bonchev–Trinajstić information content (AvgIpc) is 2.36. The molecule has 0 fully saturated rings.